The summed E-state index contributed by atoms with van der Waals surface area (Å²) in [4.78, 5) is 15.9. The normalized spacial score (nSPS) is 20.5. The van der Waals surface area contributed by atoms with Gasteiger partial charge in [-0.2, -0.15) is 0 Å². The molecule has 0 aromatic carbocycles. The Bertz CT molecular complexity index is 222. The third-order valence-corrected chi connectivity index (χ3v) is 2.63. The molecule has 4 nitrogen and oxygen atoms in total. The van der Waals surface area contributed by atoms with Crippen molar-refractivity contribution in [1.82, 2.24) is 9.80 Å². The first-order chi connectivity index (χ1) is 6.92. The summed E-state index contributed by atoms with van der Waals surface area (Å²) >= 11 is 0. The average molecular weight is 213 g/mol. The van der Waals surface area contributed by atoms with Crippen LogP contribution in [0.15, 0.2) is 0 Å². The number of carbonyl (C=O) groups excluding carboxylic acids is 1. The Morgan fingerprint density at radius 3 is 2.60 bits per heavy atom. The number of likely N-dealkylation sites (N-methyl/N-ethyl adjacent to an activating group) is 1. The number of carbonyl (C=O) groups is 1. The third-order valence-electron chi connectivity index (χ3n) is 2.63. The Morgan fingerprint density at radius 2 is 2.07 bits per heavy atom. The first kappa shape index (κ1) is 12.5. The molecule has 0 aromatic rings. The molecular weight excluding hydrogens is 190 g/mol. The van der Waals surface area contributed by atoms with Gasteiger partial charge in [0.2, 0.25) is 5.91 Å². The summed E-state index contributed by atoms with van der Waals surface area (Å²) in [6, 6.07) is 0. The van der Waals surface area contributed by atoms with Crippen LogP contribution in [0.3, 0.4) is 0 Å². The maximum atomic E-state index is 11.8. The summed E-state index contributed by atoms with van der Waals surface area (Å²) in [7, 11) is 0. The molecule has 0 unspecified atom stereocenters. The molecule has 1 aliphatic rings. The van der Waals surface area contributed by atoms with E-state index in [0.29, 0.717) is 6.54 Å². The van der Waals surface area contributed by atoms with Crippen molar-refractivity contribution in [1.29, 1.82) is 0 Å². The fraction of sp³-hybridized carbons (Fsp3) is 0.909. The Hall–Kier alpha value is -0.610. The lowest BCUT2D eigenvalue weighted by molar-refractivity contribution is -0.131. The summed E-state index contributed by atoms with van der Waals surface area (Å²) < 4.78 is 0. The van der Waals surface area contributed by atoms with Gasteiger partial charge in [-0.05, 0) is 27.2 Å². The van der Waals surface area contributed by atoms with Gasteiger partial charge in [-0.1, -0.05) is 0 Å². The molecule has 1 fully saturated rings. The van der Waals surface area contributed by atoms with E-state index in [1.807, 2.05) is 25.7 Å². The Labute approximate surface area is 92.4 Å². The molecule has 1 saturated heterocycles. The highest BCUT2D eigenvalue weighted by Gasteiger charge is 2.23. The van der Waals surface area contributed by atoms with Crippen LogP contribution in [-0.4, -0.2) is 54.0 Å². The molecule has 15 heavy (non-hydrogen) atoms. The smallest absolute Gasteiger partial charge is 0.236 e. The SMILES string of the molecule is CCN1CCCN(CC(C)(C)N)CC1=O. The minimum atomic E-state index is -0.221. The van der Waals surface area contributed by atoms with Crippen molar-refractivity contribution < 1.29 is 4.79 Å². The van der Waals surface area contributed by atoms with Crippen LogP contribution in [0.4, 0.5) is 0 Å². The van der Waals surface area contributed by atoms with Crippen LogP contribution in [0.2, 0.25) is 0 Å². The molecule has 4 heteroatoms. The van der Waals surface area contributed by atoms with Crippen molar-refractivity contribution in [3.8, 4) is 0 Å². The van der Waals surface area contributed by atoms with Crippen LogP contribution in [-0.2, 0) is 4.79 Å². The van der Waals surface area contributed by atoms with Gasteiger partial charge in [-0.25, -0.2) is 0 Å². The van der Waals surface area contributed by atoms with E-state index in [1.54, 1.807) is 0 Å². The van der Waals surface area contributed by atoms with Gasteiger partial charge in [0, 0.05) is 31.7 Å². The first-order valence-corrected chi connectivity index (χ1v) is 5.71. The van der Waals surface area contributed by atoms with Crippen molar-refractivity contribution in [3.63, 3.8) is 0 Å². The standard InChI is InChI=1S/C11H23N3O/c1-4-14-7-5-6-13(8-10(14)15)9-11(2,3)12/h4-9,12H2,1-3H3. The van der Waals surface area contributed by atoms with Crippen molar-refractivity contribution >= 4 is 5.91 Å². The third kappa shape index (κ3) is 4.18. The van der Waals surface area contributed by atoms with Gasteiger partial charge in [0.1, 0.15) is 0 Å². The topological polar surface area (TPSA) is 49.6 Å². The molecule has 2 N–H and O–H groups in total. The monoisotopic (exact) mass is 213 g/mol. The molecule has 1 rings (SSSR count). The highest BCUT2D eigenvalue weighted by Crippen LogP contribution is 2.08. The lowest BCUT2D eigenvalue weighted by Crippen LogP contribution is -2.47. The van der Waals surface area contributed by atoms with E-state index in [0.717, 1.165) is 32.6 Å². The van der Waals surface area contributed by atoms with E-state index in [1.165, 1.54) is 0 Å². The van der Waals surface area contributed by atoms with Crippen molar-refractivity contribution in [2.75, 3.05) is 32.7 Å². The molecule has 0 bridgehead atoms. The van der Waals surface area contributed by atoms with Crippen molar-refractivity contribution in [2.24, 2.45) is 5.73 Å². The molecule has 1 amide bonds. The number of hydrogen-bond donors (Lipinski definition) is 1. The summed E-state index contributed by atoms with van der Waals surface area (Å²) in [6.07, 6.45) is 1.05. The fourth-order valence-electron chi connectivity index (χ4n) is 2.03. The summed E-state index contributed by atoms with van der Waals surface area (Å²) in [6.45, 7) is 10.0. The average Bonchev–Trinajstić information content (AvgIpc) is 2.24. The lowest BCUT2D eigenvalue weighted by Gasteiger charge is -2.28. The van der Waals surface area contributed by atoms with E-state index in [2.05, 4.69) is 4.90 Å². The molecule has 0 aromatic heterocycles. The number of nitrogens with zero attached hydrogens (tertiary/aromatic N) is 2. The van der Waals surface area contributed by atoms with Crippen molar-refractivity contribution in [3.05, 3.63) is 0 Å². The van der Waals surface area contributed by atoms with Crippen LogP contribution >= 0.6 is 0 Å². The molecular formula is C11H23N3O. The van der Waals surface area contributed by atoms with E-state index < -0.39 is 0 Å². The molecule has 0 spiro atoms. The largest absolute Gasteiger partial charge is 0.342 e. The van der Waals surface area contributed by atoms with Gasteiger partial charge >= 0.3 is 0 Å². The number of rotatable bonds is 3. The fourth-order valence-corrected chi connectivity index (χ4v) is 2.03. The van der Waals surface area contributed by atoms with E-state index in [-0.39, 0.29) is 11.4 Å². The zero-order valence-electron chi connectivity index (χ0n) is 10.1. The lowest BCUT2D eigenvalue weighted by atomic mass is 10.1. The summed E-state index contributed by atoms with van der Waals surface area (Å²) in [5, 5.41) is 0. The quantitative estimate of drug-likeness (QED) is 0.732. The molecule has 0 saturated carbocycles. The van der Waals surface area contributed by atoms with Crippen LogP contribution < -0.4 is 5.73 Å². The minimum absolute atomic E-state index is 0.221. The zero-order valence-corrected chi connectivity index (χ0v) is 10.1. The van der Waals surface area contributed by atoms with Gasteiger partial charge < -0.3 is 10.6 Å². The maximum Gasteiger partial charge on any atom is 0.236 e. The summed E-state index contributed by atoms with van der Waals surface area (Å²) in [5.74, 6) is 0.235. The van der Waals surface area contributed by atoms with E-state index in [9.17, 15) is 4.79 Å². The second kappa shape index (κ2) is 4.94. The number of nitrogens with two attached hydrogens (primary N) is 1. The van der Waals surface area contributed by atoms with Crippen LogP contribution in [0.25, 0.3) is 0 Å². The van der Waals surface area contributed by atoms with Crippen LogP contribution in [0, 0.1) is 0 Å². The van der Waals surface area contributed by atoms with Gasteiger partial charge in [-0.15, -0.1) is 0 Å². The predicted octanol–water partition coefficient (Wildman–Crippen LogP) is 0.278. The van der Waals surface area contributed by atoms with Crippen molar-refractivity contribution in [2.45, 2.75) is 32.7 Å². The number of amides is 1. The molecule has 88 valence electrons. The van der Waals surface area contributed by atoms with Gasteiger partial charge in [-0.3, -0.25) is 9.69 Å². The van der Waals surface area contributed by atoms with Gasteiger partial charge in [0.25, 0.3) is 0 Å². The Morgan fingerprint density at radius 1 is 1.40 bits per heavy atom. The maximum absolute atomic E-state index is 11.8. The van der Waals surface area contributed by atoms with E-state index in [4.69, 9.17) is 5.73 Å². The molecule has 0 aliphatic carbocycles. The molecule has 0 atom stereocenters. The number of hydrogen-bond acceptors (Lipinski definition) is 3. The van der Waals surface area contributed by atoms with Gasteiger partial charge in [0.05, 0.1) is 6.54 Å². The Balaban J connectivity index is 2.53. The molecule has 1 heterocycles. The van der Waals surface area contributed by atoms with E-state index >= 15 is 0 Å². The minimum Gasteiger partial charge on any atom is -0.342 e. The highest BCUT2D eigenvalue weighted by atomic mass is 16.2. The van der Waals surface area contributed by atoms with Crippen LogP contribution in [0.5, 0.6) is 0 Å². The predicted molar refractivity (Wildman–Crippen MR) is 61.6 cm³/mol. The molecule has 1 aliphatic heterocycles. The first-order valence-electron chi connectivity index (χ1n) is 5.71. The van der Waals surface area contributed by atoms with Crippen LogP contribution in [0.1, 0.15) is 27.2 Å². The zero-order chi connectivity index (χ0) is 11.5. The molecule has 0 radical (unpaired) electrons. The summed E-state index contributed by atoms with van der Waals surface area (Å²) in [5.41, 5.74) is 5.74. The second-order valence-corrected chi connectivity index (χ2v) is 5.03. The second-order valence-electron chi connectivity index (χ2n) is 5.03. The highest BCUT2D eigenvalue weighted by molar-refractivity contribution is 5.78. The Kier molecular flexibility index (Phi) is 4.11. The van der Waals surface area contributed by atoms with Gasteiger partial charge in [0.15, 0.2) is 0 Å².